The molecule has 0 aliphatic heterocycles. The maximum atomic E-state index is 5.39. The van der Waals surface area contributed by atoms with E-state index in [0.29, 0.717) is 6.54 Å². The lowest BCUT2D eigenvalue weighted by atomic mass is 10.2. The van der Waals surface area contributed by atoms with E-state index in [4.69, 9.17) is 5.73 Å². The quantitative estimate of drug-likeness (QED) is 0.461. The Morgan fingerprint density at radius 1 is 1.70 bits per heavy atom. The molecule has 0 aliphatic carbocycles. The minimum absolute atomic E-state index is 0.524. The molecule has 2 heteroatoms. The number of nitrogens with zero attached hydrogens (tertiary/aromatic N) is 1. The Kier molecular flexibility index (Phi) is 4.50. The standard InChI is InChI=1S/C8H14N2/c1-4-8(6-9)5-7(2)10-3/h4-5H,1,6,9H2,2-3H3/b8-5+,10-7?. The second kappa shape index (κ2) is 4.94. The van der Waals surface area contributed by atoms with Crippen LogP contribution in [0.4, 0.5) is 0 Å². The van der Waals surface area contributed by atoms with Crippen molar-refractivity contribution in [2.75, 3.05) is 13.6 Å². The Labute approximate surface area is 62.1 Å². The molecule has 0 heterocycles. The average molecular weight is 138 g/mol. The lowest BCUT2D eigenvalue weighted by molar-refractivity contribution is 1.19. The van der Waals surface area contributed by atoms with Crippen LogP contribution in [0.1, 0.15) is 6.92 Å². The largest absolute Gasteiger partial charge is 0.326 e. The minimum Gasteiger partial charge on any atom is -0.326 e. The van der Waals surface area contributed by atoms with Crippen LogP contribution in [0.3, 0.4) is 0 Å². The van der Waals surface area contributed by atoms with Gasteiger partial charge in [0.25, 0.3) is 0 Å². The maximum Gasteiger partial charge on any atom is 0.0317 e. The van der Waals surface area contributed by atoms with Gasteiger partial charge in [-0.25, -0.2) is 0 Å². The molecule has 0 saturated carbocycles. The molecule has 2 N–H and O–H groups in total. The van der Waals surface area contributed by atoms with Crippen molar-refractivity contribution in [3.8, 4) is 0 Å². The Hall–Kier alpha value is -0.890. The first-order valence-electron chi connectivity index (χ1n) is 3.21. The van der Waals surface area contributed by atoms with E-state index in [-0.39, 0.29) is 0 Å². The predicted octanol–water partition coefficient (Wildman–Crippen LogP) is 1.15. The summed E-state index contributed by atoms with van der Waals surface area (Å²) in [4.78, 5) is 3.96. The normalized spacial score (nSPS) is 13.5. The fourth-order valence-electron chi connectivity index (χ4n) is 0.534. The third-order valence-corrected chi connectivity index (χ3v) is 1.24. The monoisotopic (exact) mass is 138 g/mol. The van der Waals surface area contributed by atoms with Gasteiger partial charge in [0.2, 0.25) is 0 Å². The number of aliphatic imine (C=N–C) groups is 1. The molecular weight excluding hydrogens is 124 g/mol. The highest BCUT2D eigenvalue weighted by atomic mass is 14.7. The Balaban J connectivity index is 4.24. The Morgan fingerprint density at radius 3 is 2.60 bits per heavy atom. The zero-order valence-electron chi connectivity index (χ0n) is 6.59. The van der Waals surface area contributed by atoms with Crippen molar-refractivity contribution in [1.29, 1.82) is 0 Å². The average Bonchev–Trinajstić information content (AvgIpc) is 1.99. The van der Waals surface area contributed by atoms with Crippen LogP contribution in [-0.2, 0) is 0 Å². The Morgan fingerprint density at radius 2 is 2.30 bits per heavy atom. The molecule has 56 valence electrons. The summed E-state index contributed by atoms with van der Waals surface area (Å²) < 4.78 is 0. The summed E-state index contributed by atoms with van der Waals surface area (Å²) >= 11 is 0. The lowest BCUT2D eigenvalue weighted by Gasteiger charge is -1.94. The van der Waals surface area contributed by atoms with Crippen LogP contribution in [0.2, 0.25) is 0 Å². The van der Waals surface area contributed by atoms with Gasteiger partial charge in [-0.05, 0) is 18.6 Å². The first-order chi connectivity index (χ1) is 4.74. The van der Waals surface area contributed by atoms with E-state index in [1.165, 1.54) is 0 Å². The molecule has 2 nitrogen and oxygen atoms in total. The van der Waals surface area contributed by atoms with E-state index in [9.17, 15) is 0 Å². The molecule has 0 bridgehead atoms. The molecule has 0 aromatic carbocycles. The van der Waals surface area contributed by atoms with Gasteiger partial charge in [-0.1, -0.05) is 12.7 Å². The van der Waals surface area contributed by atoms with Gasteiger partial charge in [-0.3, -0.25) is 4.99 Å². The van der Waals surface area contributed by atoms with E-state index < -0.39 is 0 Å². The summed E-state index contributed by atoms with van der Waals surface area (Å²) in [6.07, 6.45) is 3.67. The van der Waals surface area contributed by atoms with Crippen molar-refractivity contribution >= 4 is 5.71 Å². The second-order valence-corrected chi connectivity index (χ2v) is 1.99. The maximum absolute atomic E-state index is 5.39. The molecule has 0 spiro atoms. The van der Waals surface area contributed by atoms with Gasteiger partial charge in [0.15, 0.2) is 0 Å². The van der Waals surface area contributed by atoms with Gasteiger partial charge >= 0.3 is 0 Å². The minimum atomic E-state index is 0.524. The van der Waals surface area contributed by atoms with E-state index in [1.54, 1.807) is 13.1 Å². The van der Waals surface area contributed by atoms with E-state index in [0.717, 1.165) is 11.3 Å². The lowest BCUT2D eigenvalue weighted by Crippen LogP contribution is -2.02. The number of hydrogen-bond donors (Lipinski definition) is 1. The summed E-state index contributed by atoms with van der Waals surface area (Å²) in [5.41, 5.74) is 7.38. The summed E-state index contributed by atoms with van der Waals surface area (Å²) in [6.45, 7) is 6.07. The molecule has 0 unspecified atom stereocenters. The van der Waals surface area contributed by atoms with Crippen LogP contribution in [0.5, 0.6) is 0 Å². The summed E-state index contributed by atoms with van der Waals surface area (Å²) in [6, 6.07) is 0. The highest BCUT2D eigenvalue weighted by Gasteiger charge is 1.86. The van der Waals surface area contributed by atoms with Gasteiger partial charge in [0.1, 0.15) is 0 Å². The van der Waals surface area contributed by atoms with Gasteiger partial charge in [0, 0.05) is 19.3 Å². The highest BCUT2D eigenvalue weighted by molar-refractivity contribution is 5.93. The molecule has 0 aromatic rings. The smallest absolute Gasteiger partial charge is 0.0317 e. The van der Waals surface area contributed by atoms with Gasteiger partial charge < -0.3 is 5.73 Å². The van der Waals surface area contributed by atoms with E-state index >= 15 is 0 Å². The van der Waals surface area contributed by atoms with Crippen LogP contribution in [0.15, 0.2) is 29.3 Å². The molecule has 0 atom stereocenters. The molecule has 0 amide bonds. The van der Waals surface area contributed by atoms with Crippen LogP contribution in [0.25, 0.3) is 0 Å². The predicted molar refractivity (Wildman–Crippen MR) is 46.4 cm³/mol. The summed E-state index contributed by atoms with van der Waals surface area (Å²) in [5.74, 6) is 0. The highest BCUT2D eigenvalue weighted by Crippen LogP contribution is 1.92. The number of rotatable bonds is 3. The molecule has 0 radical (unpaired) electrons. The van der Waals surface area contributed by atoms with E-state index in [1.807, 2.05) is 13.0 Å². The topological polar surface area (TPSA) is 38.4 Å². The van der Waals surface area contributed by atoms with Crippen molar-refractivity contribution in [2.24, 2.45) is 10.7 Å². The van der Waals surface area contributed by atoms with Crippen LogP contribution >= 0.6 is 0 Å². The van der Waals surface area contributed by atoms with Crippen LogP contribution < -0.4 is 5.73 Å². The summed E-state index contributed by atoms with van der Waals surface area (Å²) in [7, 11) is 1.75. The third-order valence-electron chi connectivity index (χ3n) is 1.24. The van der Waals surface area contributed by atoms with Gasteiger partial charge in [0.05, 0.1) is 0 Å². The molecular formula is C8H14N2. The molecule has 10 heavy (non-hydrogen) atoms. The SMILES string of the molecule is C=C/C(=C\C(C)=NC)CN. The van der Waals surface area contributed by atoms with Crippen molar-refractivity contribution in [3.63, 3.8) is 0 Å². The van der Waals surface area contributed by atoms with Crippen LogP contribution in [-0.4, -0.2) is 19.3 Å². The van der Waals surface area contributed by atoms with Crippen molar-refractivity contribution in [1.82, 2.24) is 0 Å². The van der Waals surface area contributed by atoms with Gasteiger partial charge in [-0.2, -0.15) is 0 Å². The van der Waals surface area contributed by atoms with Crippen molar-refractivity contribution in [3.05, 3.63) is 24.3 Å². The fraction of sp³-hybridized carbons (Fsp3) is 0.375. The number of allylic oxidation sites excluding steroid dienone is 1. The van der Waals surface area contributed by atoms with E-state index in [2.05, 4.69) is 11.6 Å². The molecule has 0 rings (SSSR count). The second-order valence-electron chi connectivity index (χ2n) is 1.99. The number of hydrogen-bond acceptors (Lipinski definition) is 2. The number of nitrogens with two attached hydrogens (primary N) is 1. The van der Waals surface area contributed by atoms with Crippen molar-refractivity contribution in [2.45, 2.75) is 6.92 Å². The van der Waals surface area contributed by atoms with Crippen LogP contribution in [0, 0.1) is 0 Å². The first-order valence-corrected chi connectivity index (χ1v) is 3.21. The Bertz CT molecular complexity index is 166. The molecule has 0 saturated heterocycles. The molecule has 0 aromatic heterocycles. The zero-order valence-corrected chi connectivity index (χ0v) is 6.59. The van der Waals surface area contributed by atoms with Crippen molar-refractivity contribution < 1.29 is 0 Å². The summed E-state index contributed by atoms with van der Waals surface area (Å²) in [5, 5.41) is 0. The fourth-order valence-corrected chi connectivity index (χ4v) is 0.534. The molecule has 0 fully saturated rings. The third kappa shape index (κ3) is 3.20. The van der Waals surface area contributed by atoms with Gasteiger partial charge in [-0.15, -0.1) is 0 Å². The molecule has 0 aliphatic rings. The first kappa shape index (κ1) is 9.11. The zero-order chi connectivity index (χ0) is 7.98.